The van der Waals surface area contributed by atoms with Crippen LogP contribution >= 0.6 is 0 Å². The van der Waals surface area contributed by atoms with E-state index in [1.54, 1.807) is 0 Å². The van der Waals surface area contributed by atoms with E-state index in [9.17, 15) is 4.79 Å². The Balaban J connectivity index is 1.67. The summed E-state index contributed by atoms with van der Waals surface area (Å²) in [5, 5.41) is 3.29. The molecular formula is C17H32N2O. The Bertz CT molecular complexity index is 297. The van der Waals surface area contributed by atoms with Gasteiger partial charge in [-0.1, -0.05) is 19.8 Å². The lowest BCUT2D eigenvalue weighted by molar-refractivity contribution is -0.123. The van der Waals surface area contributed by atoms with Gasteiger partial charge in [-0.25, -0.2) is 0 Å². The first-order valence-electron chi connectivity index (χ1n) is 8.66. The second-order valence-corrected chi connectivity index (χ2v) is 7.20. The van der Waals surface area contributed by atoms with E-state index in [0.717, 1.165) is 18.9 Å². The summed E-state index contributed by atoms with van der Waals surface area (Å²) >= 11 is 0. The van der Waals surface area contributed by atoms with Crippen molar-refractivity contribution in [1.82, 2.24) is 5.32 Å². The summed E-state index contributed by atoms with van der Waals surface area (Å²) in [4.78, 5) is 12.2. The highest BCUT2D eigenvalue weighted by Crippen LogP contribution is 2.30. The van der Waals surface area contributed by atoms with Crippen molar-refractivity contribution < 1.29 is 4.79 Å². The van der Waals surface area contributed by atoms with Gasteiger partial charge in [0.15, 0.2) is 0 Å². The molecule has 3 N–H and O–H groups in total. The smallest absolute Gasteiger partial charge is 0.220 e. The average Bonchev–Trinajstić information content (AvgIpc) is 2.64. The highest BCUT2D eigenvalue weighted by Gasteiger charge is 2.24. The SMILES string of the molecule is CC1CCCC(NC(=O)CC2CCC(CN)CC2)CC1. The number of hydrogen-bond acceptors (Lipinski definition) is 2. The van der Waals surface area contributed by atoms with Crippen LogP contribution in [0.5, 0.6) is 0 Å². The van der Waals surface area contributed by atoms with Gasteiger partial charge in [-0.15, -0.1) is 0 Å². The van der Waals surface area contributed by atoms with Gasteiger partial charge in [0.05, 0.1) is 0 Å². The Kier molecular flexibility index (Phi) is 6.34. The van der Waals surface area contributed by atoms with Gasteiger partial charge >= 0.3 is 0 Å². The minimum Gasteiger partial charge on any atom is -0.353 e. The van der Waals surface area contributed by atoms with E-state index < -0.39 is 0 Å². The molecule has 116 valence electrons. The topological polar surface area (TPSA) is 55.1 Å². The quantitative estimate of drug-likeness (QED) is 0.777. The number of carbonyl (C=O) groups is 1. The summed E-state index contributed by atoms with van der Waals surface area (Å²) in [6.45, 7) is 3.15. The van der Waals surface area contributed by atoms with Crippen LogP contribution in [-0.2, 0) is 4.79 Å². The lowest BCUT2D eigenvalue weighted by atomic mass is 9.80. The van der Waals surface area contributed by atoms with Crippen molar-refractivity contribution in [2.75, 3.05) is 6.54 Å². The molecule has 0 aromatic rings. The second-order valence-electron chi connectivity index (χ2n) is 7.20. The summed E-state index contributed by atoms with van der Waals surface area (Å²) in [7, 11) is 0. The van der Waals surface area contributed by atoms with Gasteiger partial charge in [0.25, 0.3) is 0 Å². The molecule has 2 aliphatic rings. The van der Waals surface area contributed by atoms with Gasteiger partial charge in [0.1, 0.15) is 0 Å². The number of nitrogens with two attached hydrogens (primary N) is 1. The number of rotatable bonds is 4. The van der Waals surface area contributed by atoms with Crippen LogP contribution in [0.3, 0.4) is 0 Å². The highest BCUT2D eigenvalue weighted by molar-refractivity contribution is 5.76. The molecule has 2 unspecified atom stereocenters. The predicted octanol–water partition coefficient (Wildman–Crippen LogP) is 3.23. The van der Waals surface area contributed by atoms with Crippen LogP contribution in [0.15, 0.2) is 0 Å². The molecule has 0 aromatic carbocycles. The number of carbonyl (C=O) groups excluding carboxylic acids is 1. The fourth-order valence-electron chi connectivity index (χ4n) is 3.85. The Morgan fingerprint density at radius 2 is 1.70 bits per heavy atom. The Morgan fingerprint density at radius 1 is 1.00 bits per heavy atom. The van der Waals surface area contributed by atoms with Gasteiger partial charge in [-0.3, -0.25) is 4.79 Å². The molecule has 2 rings (SSSR count). The lowest BCUT2D eigenvalue weighted by Crippen LogP contribution is -2.36. The molecule has 0 radical (unpaired) electrons. The zero-order valence-electron chi connectivity index (χ0n) is 13.1. The fourth-order valence-corrected chi connectivity index (χ4v) is 3.85. The fraction of sp³-hybridized carbons (Fsp3) is 0.941. The average molecular weight is 280 g/mol. The molecule has 0 aromatic heterocycles. The summed E-state index contributed by atoms with van der Waals surface area (Å²) in [5.41, 5.74) is 5.72. The van der Waals surface area contributed by atoms with Gasteiger partial charge in [-0.2, -0.15) is 0 Å². The van der Waals surface area contributed by atoms with E-state index in [0.29, 0.717) is 23.8 Å². The first-order chi connectivity index (χ1) is 9.67. The second kappa shape index (κ2) is 8.02. The Hall–Kier alpha value is -0.570. The van der Waals surface area contributed by atoms with Crippen molar-refractivity contribution in [3.8, 4) is 0 Å². The molecule has 0 bridgehead atoms. The molecule has 3 nitrogen and oxygen atoms in total. The number of hydrogen-bond donors (Lipinski definition) is 2. The van der Waals surface area contributed by atoms with E-state index in [1.165, 1.54) is 57.8 Å². The van der Waals surface area contributed by atoms with E-state index in [1.807, 2.05) is 0 Å². The van der Waals surface area contributed by atoms with E-state index in [-0.39, 0.29) is 0 Å². The van der Waals surface area contributed by atoms with E-state index in [4.69, 9.17) is 5.73 Å². The van der Waals surface area contributed by atoms with E-state index in [2.05, 4.69) is 12.2 Å². The van der Waals surface area contributed by atoms with Crippen LogP contribution in [0.25, 0.3) is 0 Å². The molecule has 0 heterocycles. The molecule has 1 amide bonds. The van der Waals surface area contributed by atoms with Crippen LogP contribution in [0, 0.1) is 17.8 Å². The molecule has 2 saturated carbocycles. The molecule has 0 spiro atoms. The van der Waals surface area contributed by atoms with Crippen molar-refractivity contribution >= 4 is 5.91 Å². The number of nitrogens with one attached hydrogen (secondary N) is 1. The molecule has 2 aliphatic carbocycles. The van der Waals surface area contributed by atoms with Crippen LogP contribution in [0.2, 0.25) is 0 Å². The van der Waals surface area contributed by atoms with Crippen LogP contribution in [0.4, 0.5) is 0 Å². The largest absolute Gasteiger partial charge is 0.353 e. The van der Waals surface area contributed by atoms with Crippen molar-refractivity contribution in [3.05, 3.63) is 0 Å². The van der Waals surface area contributed by atoms with Crippen molar-refractivity contribution in [2.45, 2.75) is 77.2 Å². The molecular weight excluding hydrogens is 248 g/mol. The lowest BCUT2D eigenvalue weighted by Gasteiger charge is -2.27. The summed E-state index contributed by atoms with van der Waals surface area (Å²) in [6.07, 6.45) is 11.8. The minimum atomic E-state index is 0.292. The van der Waals surface area contributed by atoms with Gasteiger partial charge in [-0.05, 0) is 69.2 Å². The predicted molar refractivity (Wildman–Crippen MR) is 83.3 cm³/mol. The monoisotopic (exact) mass is 280 g/mol. The Morgan fingerprint density at radius 3 is 2.40 bits per heavy atom. The zero-order chi connectivity index (χ0) is 14.4. The third kappa shape index (κ3) is 5.08. The maximum absolute atomic E-state index is 12.2. The molecule has 20 heavy (non-hydrogen) atoms. The molecule has 0 aliphatic heterocycles. The normalized spacial score (nSPS) is 35.3. The van der Waals surface area contributed by atoms with Gasteiger partial charge in [0, 0.05) is 12.5 Å². The maximum Gasteiger partial charge on any atom is 0.220 e. The first kappa shape index (κ1) is 15.8. The molecule has 3 heteroatoms. The zero-order valence-corrected chi connectivity index (χ0v) is 13.1. The molecule has 2 fully saturated rings. The molecule has 0 saturated heterocycles. The Labute approximate surface area is 124 Å². The van der Waals surface area contributed by atoms with Gasteiger partial charge in [0.2, 0.25) is 5.91 Å². The summed E-state index contributed by atoms with van der Waals surface area (Å²) in [6, 6.07) is 0.438. The third-order valence-corrected chi connectivity index (χ3v) is 5.40. The minimum absolute atomic E-state index is 0.292. The van der Waals surface area contributed by atoms with Gasteiger partial charge < -0.3 is 11.1 Å². The van der Waals surface area contributed by atoms with Crippen LogP contribution in [-0.4, -0.2) is 18.5 Å². The molecule has 2 atom stereocenters. The highest BCUT2D eigenvalue weighted by atomic mass is 16.1. The van der Waals surface area contributed by atoms with Crippen molar-refractivity contribution in [3.63, 3.8) is 0 Å². The van der Waals surface area contributed by atoms with Crippen LogP contribution < -0.4 is 11.1 Å². The third-order valence-electron chi connectivity index (χ3n) is 5.40. The van der Waals surface area contributed by atoms with E-state index >= 15 is 0 Å². The summed E-state index contributed by atoms with van der Waals surface area (Å²) in [5.74, 6) is 2.43. The standard InChI is InChI=1S/C17H32N2O/c1-13-3-2-4-16(10-5-13)19-17(20)11-14-6-8-15(12-18)9-7-14/h13-16H,2-12,18H2,1H3,(H,19,20). The maximum atomic E-state index is 12.2. The first-order valence-corrected chi connectivity index (χ1v) is 8.66. The summed E-state index contributed by atoms with van der Waals surface area (Å²) < 4.78 is 0. The van der Waals surface area contributed by atoms with Crippen molar-refractivity contribution in [1.29, 1.82) is 0 Å². The van der Waals surface area contributed by atoms with Crippen LogP contribution in [0.1, 0.15) is 71.1 Å². The number of amides is 1. The van der Waals surface area contributed by atoms with Crippen molar-refractivity contribution in [2.24, 2.45) is 23.5 Å².